The first-order valence-electron chi connectivity index (χ1n) is 6.04. The van der Waals surface area contributed by atoms with Crippen molar-refractivity contribution in [2.75, 3.05) is 19.5 Å². The third-order valence-corrected chi connectivity index (χ3v) is 2.65. The van der Waals surface area contributed by atoms with Gasteiger partial charge < -0.3 is 15.2 Å². The summed E-state index contributed by atoms with van der Waals surface area (Å²) in [6.07, 6.45) is 0.799. The van der Waals surface area contributed by atoms with Crippen LogP contribution in [0.25, 0.3) is 0 Å². The van der Waals surface area contributed by atoms with Crippen molar-refractivity contribution in [1.29, 1.82) is 0 Å². The van der Waals surface area contributed by atoms with Crippen molar-refractivity contribution >= 4 is 5.95 Å². The van der Waals surface area contributed by atoms with E-state index in [1.54, 1.807) is 13.2 Å². The van der Waals surface area contributed by atoms with Crippen molar-refractivity contribution in [2.45, 2.75) is 13.3 Å². The number of nitrogens with two attached hydrogens (primary N) is 1. The van der Waals surface area contributed by atoms with Gasteiger partial charge >= 0.3 is 0 Å². The molecule has 0 saturated heterocycles. The fourth-order valence-electron chi connectivity index (χ4n) is 1.70. The van der Waals surface area contributed by atoms with Crippen LogP contribution >= 0.6 is 0 Å². The number of rotatable bonds is 5. The lowest BCUT2D eigenvalue weighted by molar-refractivity contribution is 0.309. The first kappa shape index (κ1) is 13.1. The minimum absolute atomic E-state index is 0.236. The summed E-state index contributed by atoms with van der Waals surface area (Å²) in [5.41, 5.74) is 7.54. The first-order chi connectivity index (χ1) is 9.17. The second kappa shape index (κ2) is 6.04. The molecule has 19 heavy (non-hydrogen) atoms. The number of benzene rings is 1. The Kier molecular flexibility index (Phi) is 4.18. The van der Waals surface area contributed by atoms with Gasteiger partial charge in [-0.05, 0) is 24.6 Å². The van der Waals surface area contributed by atoms with Crippen LogP contribution in [-0.2, 0) is 6.42 Å². The molecule has 2 N–H and O–H groups in total. The van der Waals surface area contributed by atoms with E-state index >= 15 is 0 Å². The largest absolute Gasteiger partial charge is 0.497 e. The van der Waals surface area contributed by atoms with Crippen LogP contribution in [0.2, 0.25) is 0 Å². The Bertz CT molecular complexity index is 521. The zero-order valence-corrected chi connectivity index (χ0v) is 11.1. The van der Waals surface area contributed by atoms with Crippen LogP contribution < -0.4 is 15.2 Å². The van der Waals surface area contributed by atoms with Crippen LogP contribution in [0.5, 0.6) is 11.6 Å². The molecule has 0 saturated carbocycles. The maximum atomic E-state index is 5.57. The molecular formula is C14H17N3O2. The molecule has 0 aliphatic heterocycles. The lowest BCUT2D eigenvalue weighted by Gasteiger charge is -2.07. The number of aryl methyl sites for hydroxylation is 1. The SMILES string of the molecule is COc1ccc(CCOc2cc(C)nc(N)n2)cc1. The molecule has 0 spiro atoms. The Labute approximate surface area is 112 Å². The summed E-state index contributed by atoms with van der Waals surface area (Å²) in [7, 11) is 1.65. The van der Waals surface area contributed by atoms with Gasteiger partial charge in [-0.15, -0.1) is 0 Å². The molecule has 5 nitrogen and oxygen atoms in total. The maximum Gasteiger partial charge on any atom is 0.223 e. The van der Waals surface area contributed by atoms with Crippen LogP contribution in [0.3, 0.4) is 0 Å². The van der Waals surface area contributed by atoms with Crippen LogP contribution in [0.4, 0.5) is 5.95 Å². The highest BCUT2D eigenvalue weighted by molar-refractivity contribution is 5.28. The van der Waals surface area contributed by atoms with E-state index in [1.807, 2.05) is 31.2 Å². The number of methoxy groups -OCH3 is 1. The van der Waals surface area contributed by atoms with Crippen molar-refractivity contribution in [3.63, 3.8) is 0 Å². The average molecular weight is 259 g/mol. The van der Waals surface area contributed by atoms with E-state index in [2.05, 4.69) is 9.97 Å². The summed E-state index contributed by atoms with van der Waals surface area (Å²) < 4.78 is 10.7. The predicted octanol–water partition coefficient (Wildman–Crippen LogP) is 2.00. The van der Waals surface area contributed by atoms with E-state index in [0.717, 1.165) is 17.9 Å². The zero-order valence-electron chi connectivity index (χ0n) is 11.1. The molecule has 0 bridgehead atoms. The zero-order chi connectivity index (χ0) is 13.7. The van der Waals surface area contributed by atoms with E-state index in [9.17, 15) is 0 Å². The van der Waals surface area contributed by atoms with Crippen molar-refractivity contribution in [3.8, 4) is 11.6 Å². The first-order valence-corrected chi connectivity index (χ1v) is 6.04. The van der Waals surface area contributed by atoms with Gasteiger partial charge in [0.1, 0.15) is 5.75 Å². The minimum Gasteiger partial charge on any atom is -0.497 e. The van der Waals surface area contributed by atoms with E-state index in [4.69, 9.17) is 15.2 Å². The Morgan fingerprint density at radius 2 is 1.89 bits per heavy atom. The summed E-state index contributed by atoms with van der Waals surface area (Å²) in [6, 6.07) is 9.66. The third kappa shape index (κ3) is 3.84. The quantitative estimate of drug-likeness (QED) is 0.889. The smallest absolute Gasteiger partial charge is 0.223 e. The molecule has 0 aliphatic carbocycles. The summed E-state index contributed by atoms with van der Waals surface area (Å²) >= 11 is 0. The van der Waals surface area contributed by atoms with Gasteiger partial charge in [-0.2, -0.15) is 4.98 Å². The predicted molar refractivity (Wildman–Crippen MR) is 73.4 cm³/mol. The molecule has 2 aromatic rings. The summed E-state index contributed by atoms with van der Waals surface area (Å²) in [6.45, 7) is 2.40. The Hall–Kier alpha value is -2.30. The summed E-state index contributed by atoms with van der Waals surface area (Å²) in [4.78, 5) is 8.01. The molecule has 2 rings (SSSR count). The Morgan fingerprint density at radius 3 is 2.53 bits per heavy atom. The van der Waals surface area contributed by atoms with Gasteiger partial charge in [-0.3, -0.25) is 0 Å². The average Bonchev–Trinajstić information content (AvgIpc) is 2.38. The third-order valence-electron chi connectivity index (χ3n) is 2.65. The number of hydrogen-bond donors (Lipinski definition) is 1. The van der Waals surface area contributed by atoms with Gasteiger partial charge in [0.25, 0.3) is 0 Å². The lowest BCUT2D eigenvalue weighted by atomic mass is 10.1. The number of aromatic nitrogens is 2. The second-order valence-electron chi connectivity index (χ2n) is 4.15. The molecule has 5 heteroatoms. The molecule has 0 unspecified atom stereocenters. The van der Waals surface area contributed by atoms with E-state index in [0.29, 0.717) is 12.5 Å². The van der Waals surface area contributed by atoms with Crippen LogP contribution in [0.1, 0.15) is 11.3 Å². The molecule has 0 amide bonds. The Balaban J connectivity index is 1.88. The molecule has 0 radical (unpaired) electrons. The van der Waals surface area contributed by atoms with Crippen molar-refractivity contribution < 1.29 is 9.47 Å². The molecule has 0 atom stereocenters. The van der Waals surface area contributed by atoms with Gasteiger partial charge in [0.2, 0.25) is 11.8 Å². The standard InChI is InChI=1S/C14H17N3O2/c1-10-9-13(17-14(15)16-10)19-8-7-11-3-5-12(18-2)6-4-11/h3-6,9H,7-8H2,1-2H3,(H2,15,16,17). The molecule has 100 valence electrons. The van der Waals surface area contributed by atoms with Gasteiger partial charge in [-0.1, -0.05) is 12.1 Å². The van der Waals surface area contributed by atoms with Crippen LogP contribution in [0, 0.1) is 6.92 Å². The van der Waals surface area contributed by atoms with Crippen molar-refractivity contribution in [2.24, 2.45) is 0 Å². The van der Waals surface area contributed by atoms with Crippen LogP contribution in [-0.4, -0.2) is 23.7 Å². The molecular weight excluding hydrogens is 242 g/mol. The van der Waals surface area contributed by atoms with Gasteiger partial charge in [0, 0.05) is 18.2 Å². The van der Waals surface area contributed by atoms with Gasteiger partial charge in [-0.25, -0.2) is 4.98 Å². The fraction of sp³-hybridized carbons (Fsp3) is 0.286. The highest BCUT2D eigenvalue weighted by Gasteiger charge is 2.01. The number of anilines is 1. The maximum absolute atomic E-state index is 5.57. The number of hydrogen-bond acceptors (Lipinski definition) is 5. The molecule has 0 fully saturated rings. The lowest BCUT2D eigenvalue weighted by Crippen LogP contribution is -2.05. The minimum atomic E-state index is 0.236. The monoisotopic (exact) mass is 259 g/mol. The van der Waals surface area contributed by atoms with Crippen molar-refractivity contribution in [3.05, 3.63) is 41.6 Å². The second-order valence-corrected chi connectivity index (χ2v) is 4.15. The molecule has 1 heterocycles. The number of nitrogen functional groups attached to an aromatic ring is 1. The van der Waals surface area contributed by atoms with E-state index < -0.39 is 0 Å². The van der Waals surface area contributed by atoms with Gasteiger partial charge in [0.15, 0.2) is 0 Å². The highest BCUT2D eigenvalue weighted by atomic mass is 16.5. The van der Waals surface area contributed by atoms with Crippen LogP contribution in [0.15, 0.2) is 30.3 Å². The number of ether oxygens (including phenoxy) is 2. The van der Waals surface area contributed by atoms with E-state index in [1.165, 1.54) is 5.56 Å². The molecule has 1 aromatic carbocycles. The van der Waals surface area contributed by atoms with Gasteiger partial charge in [0.05, 0.1) is 13.7 Å². The molecule has 1 aromatic heterocycles. The normalized spacial score (nSPS) is 10.2. The Morgan fingerprint density at radius 1 is 1.16 bits per heavy atom. The molecule has 0 aliphatic rings. The summed E-state index contributed by atoms with van der Waals surface area (Å²) in [5, 5.41) is 0. The number of nitrogens with zero attached hydrogens (tertiary/aromatic N) is 2. The van der Waals surface area contributed by atoms with Crippen molar-refractivity contribution in [1.82, 2.24) is 9.97 Å². The highest BCUT2D eigenvalue weighted by Crippen LogP contribution is 2.13. The fourth-order valence-corrected chi connectivity index (χ4v) is 1.70. The summed E-state index contributed by atoms with van der Waals surface area (Å²) in [5.74, 6) is 1.60. The topological polar surface area (TPSA) is 70.3 Å². The van der Waals surface area contributed by atoms with E-state index in [-0.39, 0.29) is 5.95 Å².